The first-order valence-electron chi connectivity index (χ1n) is 10.4. The van der Waals surface area contributed by atoms with Crippen molar-refractivity contribution >= 4 is 22.5 Å². The van der Waals surface area contributed by atoms with Crippen LogP contribution in [0.25, 0.3) is 10.9 Å². The minimum Gasteiger partial charge on any atom is -0.370 e. The first-order chi connectivity index (χ1) is 14.8. The van der Waals surface area contributed by atoms with Crippen LogP contribution in [-0.4, -0.2) is 61.2 Å². The van der Waals surface area contributed by atoms with Crippen LogP contribution in [0.15, 0.2) is 30.5 Å². The van der Waals surface area contributed by atoms with Gasteiger partial charge in [-0.2, -0.15) is 18.4 Å². The molecule has 0 aliphatic carbocycles. The van der Waals surface area contributed by atoms with E-state index in [1.54, 1.807) is 35.4 Å². The summed E-state index contributed by atoms with van der Waals surface area (Å²) < 4.78 is 41.6. The molecular weight excluding hydrogens is 407 g/mol. The lowest BCUT2D eigenvalue weighted by Gasteiger charge is -2.31. The summed E-state index contributed by atoms with van der Waals surface area (Å²) in [6, 6.07) is 8.62. The summed E-state index contributed by atoms with van der Waals surface area (Å²) in [6.45, 7) is 1.30. The van der Waals surface area contributed by atoms with Gasteiger partial charge in [-0.3, -0.25) is 9.78 Å². The number of nitrogens with zero attached hydrogens (tertiary/aromatic N) is 4. The molecule has 9 heteroatoms. The summed E-state index contributed by atoms with van der Waals surface area (Å²) in [5.74, 6) is -3.46. The van der Waals surface area contributed by atoms with Gasteiger partial charge in [0.05, 0.1) is 22.9 Å². The fourth-order valence-corrected chi connectivity index (χ4v) is 4.58. The molecule has 1 amide bonds. The number of carbonyl (C=O) groups excluding carboxylic acids is 1. The Morgan fingerprint density at radius 1 is 1.23 bits per heavy atom. The molecule has 31 heavy (non-hydrogen) atoms. The van der Waals surface area contributed by atoms with E-state index in [0.717, 1.165) is 25.9 Å². The van der Waals surface area contributed by atoms with Crippen LogP contribution < -0.4 is 10.2 Å². The predicted molar refractivity (Wildman–Crippen MR) is 110 cm³/mol. The number of halogens is 3. The van der Waals surface area contributed by atoms with Crippen LogP contribution in [0.2, 0.25) is 0 Å². The standard InChI is InChI=1S/C22H24F3N5O/c1-29-9-6-15(7-10-29)28-21(31)17-12-30(13-18(17)22(23,24)25)19-5-4-14(11-26)20-16(19)3-2-8-27-20/h2-5,8,15,17-18H,6-7,9-10,12-13H2,1H3,(H,28,31). The number of hydrogen-bond donors (Lipinski definition) is 1. The fraction of sp³-hybridized carbons (Fsp3) is 0.500. The number of carbonyl (C=O) groups is 1. The largest absolute Gasteiger partial charge is 0.394 e. The van der Waals surface area contributed by atoms with Gasteiger partial charge in [0.15, 0.2) is 0 Å². The van der Waals surface area contributed by atoms with Crippen molar-refractivity contribution in [2.24, 2.45) is 11.8 Å². The normalized spacial score (nSPS) is 23.1. The summed E-state index contributed by atoms with van der Waals surface area (Å²) in [5.41, 5.74) is 1.37. The predicted octanol–water partition coefficient (Wildman–Crippen LogP) is 2.93. The first kappa shape index (κ1) is 21.4. The second kappa shape index (κ2) is 8.35. The summed E-state index contributed by atoms with van der Waals surface area (Å²) in [5, 5.41) is 12.8. The van der Waals surface area contributed by atoms with E-state index >= 15 is 0 Å². The lowest BCUT2D eigenvalue weighted by molar-refractivity contribution is -0.182. The zero-order chi connectivity index (χ0) is 22.2. The van der Waals surface area contributed by atoms with Crippen molar-refractivity contribution in [2.45, 2.75) is 25.1 Å². The van der Waals surface area contributed by atoms with Crippen molar-refractivity contribution < 1.29 is 18.0 Å². The van der Waals surface area contributed by atoms with Crippen LogP contribution in [0.3, 0.4) is 0 Å². The molecule has 2 atom stereocenters. The van der Waals surface area contributed by atoms with Crippen LogP contribution in [-0.2, 0) is 4.79 Å². The molecule has 1 N–H and O–H groups in total. The third-order valence-corrected chi connectivity index (χ3v) is 6.35. The van der Waals surface area contributed by atoms with E-state index in [0.29, 0.717) is 22.2 Å². The number of hydrogen-bond acceptors (Lipinski definition) is 5. The summed E-state index contributed by atoms with van der Waals surface area (Å²) >= 11 is 0. The van der Waals surface area contributed by atoms with Crippen molar-refractivity contribution in [1.29, 1.82) is 5.26 Å². The Labute approximate surface area is 178 Å². The first-order valence-corrected chi connectivity index (χ1v) is 10.4. The van der Waals surface area contributed by atoms with Crippen molar-refractivity contribution in [3.8, 4) is 6.07 Å². The minimum absolute atomic E-state index is 0.0292. The average Bonchev–Trinajstić information content (AvgIpc) is 3.20. The molecule has 6 nitrogen and oxygen atoms in total. The molecule has 164 valence electrons. The monoisotopic (exact) mass is 431 g/mol. The fourth-order valence-electron chi connectivity index (χ4n) is 4.58. The molecule has 3 heterocycles. The molecule has 2 aliphatic rings. The number of alkyl halides is 3. The second-order valence-electron chi connectivity index (χ2n) is 8.39. The Morgan fingerprint density at radius 3 is 2.65 bits per heavy atom. The van der Waals surface area contributed by atoms with Gasteiger partial charge < -0.3 is 15.1 Å². The van der Waals surface area contributed by atoms with Crippen molar-refractivity contribution in [3.05, 3.63) is 36.0 Å². The summed E-state index contributed by atoms with van der Waals surface area (Å²) in [7, 11) is 1.99. The van der Waals surface area contributed by atoms with Crippen molar-refractivity contribution in [1.82, 2.24) is 15.2 Å². The van der Waals surface area contributed by atoms with Gasteiger partial charge in [0.1, 0.15) is 6.07 Å². The number of fused-ring (bicyclic) bond motifs is 1. The van der Waals surface area contributed by atoms with Gasteiger partial charge in [0.25, 0.3) is 0 Å². The molecule has 2 aliphatic heterocycles. The molecule has 0 spiro atoms. The summed E-state index contributed by atoms with van der Waals surface area (Å²) in [4.78, 5) is 20.9. The molecule has 0 bridgehead atoms. The van der Waals surface area contributed by atoms with Crippen LogP contribution in [0.5, 0.6) is 0 Å². The van der Waals surface area contributed by atoms with Crippen LogP contribution in [0.4, 0.5) is 18.9 Å². The Balaban J connectivity index is 1.60. The second-order valence-corrected chi connectivity index (χ2v) is 8.39. The highest BCUT2D eigenvalue weighted by Gasteiger charge is 2.52. The molecule has 1 aromatic heterocycles. The lowest BCUT2D eigenvalue weighted by Crippen LogP contribution is -2.48. The Hall–Kier alpha value is -2.86. The van der Waals surface area contributed by atoms with Gasteiger partial charge in [0.2, 0.25) is 5.91 Å². The zero-order valence-corrected chi connectivity index (χ0v) is 17.2. The van der Waals surface area contributed by atoms with E-state index in [-0.39, 0.29) is 19.1 Å². The van der Waals surface area contributed by atoms with Crippen molar-refractivity contribution in [3.63, 3.8) is 0 Å². The van der Waals surface area contributed by atoms with Gasteiger partial charge in [-0.05, 0) is 57.2 Å². The molecule has 2 aromatic rings. The van der Waals surface area contributed by atoms with E-state index in [4.69, 9.17) is 0 Å². The molecule has 2 saturated heterocycles. The number of benzene rings is 1. The Morgan fingerprint density at radius 2 is 1.97 bits per heavy atom. The van der Waals surface area contributed by atoms with Crippen molar-refractivity contribution in [2.75, 3.05) is 38.1 Å². The SMILES string of the molecule is CN1CCC(NC(=O)C2CN(c3ccc(C#N)c4ncccc34)CC2C(F)(F)F)CC1. The zero-order valence-electron chi connectivity index (χ0n) is 17.2. The van der Waals surface area contributed by atoms with Gasteiger partial charge in [-0.25, -0.2) is 0 Å². The number of piperidine rings is 1. The average molecular weight is 431 g/mol. The maximum Gasteiger partial charge on any atom is 0.394 e. The number of nitriles is 1. The van der Waals surface area contributed by atoms with E-state index < -0.39 is 23.9 Å². The van der Waals surface area contributed by atoms with E-state index in [1.165, 1.54) is 0 Å². The number of nitrogens with one attached hydrogen (secondary N) is 1. The van der Waals surface area contributed by atoms with E-state index in [2.05, 4.69) is 21.3 Å². The number of likely N-dealkylation sites (tertiary alicyclic amines) is 1. The smallest absolute Gasteiger partial charge is 0.370 e. The molecule has 1 aromatic carbocycles. The highest BCUT2D eigenvalue weighted by atomic mass is 19.4. The number of aromatic nitrogens is 1. The molecule has 0 saturated carbocycles. The third kappa shape index (κ3) is 4.30. The van der Waals surface area contributed by atoms with Gasteiger partial charge in [-0.15, -0.1) is 0 Å². The number of anilines is 1. The molecule has 2 unspecified atom stereocenters. The maximum atomic E-state index is 13.9. The lowest BCUT2D eigenvalue weighted by atomic mass is 9.93. The number of amides is 1. The Bertz CT molecular complexity index is 1010. The number of rotatable bonds is 3. The molecule has 4 rings (SSSR count). The summed E-state index contributed by atoms with van der Waals surface area (Å²) in [6.07, 6.45) is -1.46. The quantitative estimate of drug-likeness (QED) is 0.809. The molecule has 2 fully saturated rings. The molecular formula is C22H24F3N5O. The van der Waals surface area contributed by atoms with Crippen LogP contribution in [0.1, 0.15) is 18.4 Å². The minimum atomic E-state index is -4.48. The number of pyridine rings is 1. The van der Waals surface area contributed by atoms with Crippen LogP contribution >= 0.6 is 0 Å². The highest BCUT2D eigenvalue weighted by molar-refractivity contribution is 5.95. The van der Waals surface area contributed by atoms with Gasteiger partial charge in [0, 0.05) is 36.4 Å². The highest BCUT2D eigenvalue weighted by Crippen LogP contribution is 2.41. The topological polar surface area (TPSA) is 72.3 Å². The maximum absolute atomic E-state index is 13.9. The van der Waals surface area contributed by atoms with E-state index in [9.17, 15) is 23.2 Å². The van der Waals surface area contributed by atoms with Crippen LogP contribution in [0, 0.1) is 23.2 Å². The Kier molecular flexibility index (Phi) is 5.75. The molecule has 0 radical (unpaired) electrons. The van der Waals surface area contributed by atoms with Gasteiger partial charge in [-0.1, -0.05) is 0 Å². The third-order valence-electron chi connectivity index (χ3n) is 6.35. The van der Waals surface area contributed by atoms with Gasteiger partial charge >= 0.3 is 6.18 Å². The van der Waals surface area contributed by atoms with E-state index in [1.807, 2.05) is 7.05 Å².